The van der Waals surface area contributed by atoms with E-state index < -0.39 is 61.0 Å². The predicted octanol–water partition coefficient (Wildman–Crippen LogP) is 2.09. The van der Waals surface area contributed by atoms with Gasteiger partial charge in [0.15, 0.2) is 0 Å². The SMILES string of the molecule is [2H]c1nn(C)c(C([2H])(OCCN(C)C([2H])([2H])[2H])c2c([2H])c([2H])c([2H])c([2H])c2[2H])c1[2H]. The van der Waals surface area contributed by atoms with Crippen molar-refractivity contribution in [2.45, 2.75) is 6.08 Å². The van der Waals surface area contributed by atoms with Gasteiger partial charge in [-0.1, -0.05) is 30.2 Å². The highest BCUT2D eigenvalue weighted by molar-refractivity contribution is 5.25. The third-order valence-electron chi connectivity index (χ3n) is 2.31. The van der Waals surface area contributed by atoms with E-state index in [0.717, 1.165) is 9.58 Å². The standard InChI is InChI=1S/C15H21N3O/c1-17(2)11-12-19-15(13-7-5-4-6-8-13)14-9-10-16-18(14)3/h4-10,15H,11-12H2,1-3H3/i1D3,4D,5D,6D,7D,8D,9D,10D,15D. The summed E-state index contributed by atoms with van der Waals surface area (Å²) in [5, 5.41) is 3.75. The van der Waals surface area contributed by atoms with Crippen molar-refractivity contribution in [3.05, 3.63) is 53.7 Å². The van der Waals surface area contributed by atoms with E-state index in [1.165, 1.54) is 14.1 Å². The summed E-state index contributed by atoms with van der Waals surface area (Å²) >= 11 is 0. The van der Waals surface area contributed by atoms with E-state index in [1.807, 2.05) is 0 Å². The van der Waals surface area contributed by atoms with Crippen molar-refractivity contribution >= 4 is 0 Å². The molecule has 1 heterocycles. The van der Waals surface area contributed by atoms with Crippen LogP contribution >= 0.6 is 0 Å². The van der Waals surface area contributed by atoms with Crippen LogP contribution in [-0.4, -0.2) is 41.9 Å². The van der Waals surface area contributed by atoms with Gasteiger partial charge in [-0.25, -0.2) is 0 Å². The fourth-order valence-electron chi connectivity index (χ4n) is 1.39. The predicted molar refractivity (Wildman–Crippen MR) is 76.0 cm³/mol. The zero-order valence-electron chi connectivity index (χ0n) is 21.7. The molecule has 1 unspecified atom stereocenters. The molecule has 1 aromatic heterocycles. The first-order chi connectivity index (χ1) is 13.6. The van der Waals surface area contributed by atoms with Crippen LogP contribution in [0.5, 0.6) is 0 Å². The number of rotatable bonds is 6. The Morgan fingerprint density at radius 3 is 2.89 bits per heavy atom. The minimum atomic E-state index is -2.51. The van der Waals surface area contributed by atoms with Gasteiger partial charge in [-0.2, -0.15) is 5.10 Å². The summed E-state index contributed by atoms with van der Waals surface area (Å²) in [4.78, 5) is 0.982. The van der Waals surface area contributed by atoms with E-state index >= 15 is 0 Å². The van der Waals surface area contributed by atoms with Crippen LogP contribution in [0.1, 0.15) is 32.4 Å². The monoisotopic (exact) mass is 270 g/mol. The second-order valence-corrected chi connectivity index (χ2v) is 3.81. The van der Waals surface area contributed by atoms with Crippen LogP contribution in [0, 0.1) is 0 Å². The van der Waals surface area contributed by atoms with E-state index in [0.29, 0.717) is 0 Å². The lowest BCUT2D eigenvalue weighted by molar-refractivity contribution is 0.0638. The molecule has 0 fully saturated rings. The topological polar surface area (TPSA) is 30.3 Å². The average Bonchev–Trinajstić information content (AvgIpc) is 2.89. The molecule has 19 heavy (non-hydrogen) atoms. The summed E-state index contributed by atoms with van der Waals surface area (Å²) in [5.74, 6) is 0. The van der Waals surface area contributed by atoms with Crippen molar-refractivity contribution in [3.8, 4) is 0 Å². The lowest BCUT2D eigenvalue weighted by atomic mass is 10.1. The Labute approximate surface area is 130 Å². The molecule has 0 N–H and O–H groups in total. The average molecular weight is 270 g/mol. The Bertz CT molecular complexity index is 930. The van der Waals surface area contributed by atoms with Crippen molar-refractivity contribution in [2.75, 3.05) is 27.2 Å². The van der Waals surface area contributed by atoms with Gasteiger partial charge < -0.3 is 9.64 Å². The van der Waals surface area contributed by atoms with Crippen LogP contribution in [0.25, 0.3) is 0 Å². The maximum Gasteiger partial charge on any atom is 0.124 e. The summed E-state index contributed by atoms with van der Waals surface area (Å²) in [7, 11) is 2.65. The first-order valence-electron chi connectivity index (χ1n) is 11.1. The second-order valence-electron chi connectivity index (χ2n) is 3.81. The van der Waals surface area contributed by atoms with Gasteiger partial charge in [0.25, 0.3) is 0 Å². The smallest absolute Gasteiger partial charge is 0.124 e. The van der Waals surface area contributed by atoms with Gasteiger partial charge in [0.2, 0.25) is 0 Å². The molecule has 1 aromatic carbocycles. The molecule has 2 aromatic rings. The molecule has 0 radical (unpaired) electrons. The normalized spacial score (nSPS) is 23.4. The molecule has 0 bridgehead atoms. The third kappa shape index (κ3) is 3.66. The summed E-state index contributed by atoms with van der Waals surface area (Å²) in [5.41, 5.74) is -0.871. The first-order valence-corrected chi connectivity index (χ1v) is 5.57. The van der Waals surface area contributed by atoms with Crippen molar-refractivity contribution in [3.63, 3.8) is 0 Å². The lowest BCUT2D eigenvalue weighted by Gasteiger charge is -2.20. The van der Waals surface area contributed by atoms with Crippen LogP contribution in [-0.2, 0) is 11.8 Å². The van der Waals surface area contributed by atoms with Crippen LogP contribution in [0.2, 0.25) is 0 Å². The minimum absolute atomic E-state index is 0.172. The number of aryl methyl sites for hydroxylation is 1. The highest BCUT2D eigenvalue weighted by Crippen LogP contribution is 2.25. The first kappa shape index (κ1) is 5.38. The van der Waals surface area contributed by atoms with Crippen LogP contribution in [0.3, 0.4) is 0 Å². The van der Waals surface area contributed by atoms with Crippen LogP contribution in [0.15, 0.2) is 42.4 Å². The lowest BCUT2D eigenvalue weighted by Crippen LogP contribution is -2.20. The van der Waals surface area contributed by atoms with Crippen molar-refractivity contribution in [2.24, 2.45) is 7.05 Å². The van der Waals surface area contributed by atoms with Crippen molar-refractivity contribution in [1.29, 1.82) is 0 Å². The van der Waals surface area contributed by atoms with Gasteiger partial charge in [0, 0.05) is 23.9 Å². The Morgan fingerprint density at radius 2 is 2.26 bits per heavy atom. The molecule has 0 saturated heterocycles. The third-order valence-corrected chi connectivity index (χ3v) is 2.31. The number of benzene rings is 1. The van der Waals surface area contributed by atoms with Crippen LogP contribution in [0.4, 0.5) is 0 Å². The number of hydrogen-bond donors (Lipinski definition) is 0. The quantitative estimate of drug-likeness (QED) is 0.805. The maximum absolute atomic E-state index is 8.93. The Kier molecular flexibility index (Phi) is 1.84. The Morgan fingerprint density at radius 1 is 1.47 bits per heavy atom. The highest BCUT2D eigenvalue weighted by Gasteiger charge is 2.17. The fraction of sp³-hybridized carbons (Fsp3) is 0.400. The number of nitrogens with zero attached hydrogens (tertiary/aromatic N) is 3. The van der Waals surface area contributed by atoms with Gasteiger partial charge in [-0.3, -0.25) is 4.68 Å². The minimum Gasteiger partial charge on any atom is -0.366 e. The Balaban J connectivity index is 2.68. The summed E-state index contributed by atoms with van der Waals surface area (Å²) in [6.07, 6.45) is -3.00. The molecule has 0 amide bonds. The molecular weight excluding hydrogens is 238 g/mol. The van der Waals surface area contributed by atoms with E-state index in [2.05, 4.69) is 5.10 Å². The molecule has 0 spiro atoms. The summed E-state index contributed by atoms with van der Waals surface area (Å²) in [6, 6.07) is -3.95. The van der Waals surface area contributed by atoms with Crippen molar-refractivity contribution in [1.82, 2.24) is 14.7 Å². The summed E-state index contributed by atoms with van der Waals surface area (Å²) in [6.45, 7) is -2.97. The molecule has 2 rings (SSSR count). The zero-order valence-corrected chi connectivity index (χ0v) is 10.7. The number of likely N-dealkylation sites (N-methyl/N-ethyl adjacent to an activating group) is 1. The van der Waals surface area contributed by atoms with Gasteiger partial charge in [-0.05, 0) is 25.6 Å². The largest absolute Gasteiger partial charge is 0.366 e. The van der Waals surface area contributed by atoms with Gasteiger partial charge in [-0.15, -0.1) is 0 Å². The number of aromatic nitrogens is 2. The highest BCUT2D eigenvalue weighted by atomic mass is 16.5. The molecule has 4 heteroatoms. The molecule has 102 valence electrons. The fourth-order valence-corrected chi connectivity index (χ4v) is 1.39. The van der Waals surface area contributed by atoms with E-state index in [-0.39, 0.29) is 18.8 Å². The number of hydrogen-bond acceptors (Lipinski definition) is 3. The van der Waals surface area contributed by atoms with E-state index in [4.69, 9.17) is 19.8 Å². The molecular formula is C15H21N3O. The van der Waals surface area contributed by atoms with E-state index in [1.54, 1.807) is 0 Å². The molecule has 4 nitrogen and oxygen atoms in total. The van der Waals surface area contributed by atoms with Crippen LogP contribution < -0.4 is 0 Å². The zero-order chi connectivity index (χ0) is 23.2. The van der Waals surface area contributed by atoms with Crippen molar-refractivity contribution < 1.29 is 19.8 Å². The maximum atomic E-state index is 8.93. The molecule has 1 atom stereocenters. The summed E-state index contributed by atoms with van der Waals surface area (Å²) < 4.78 is 93.4. The van der Waals surface area contributed by atoms with E-state index in [9.17, 15) is 0 Å². The van der Waals surface area contributed by atoms with Gasteiger partial charge in [0.05, 0.1) is 23.3 Å². The Hall–Kier alpha value is -1.65. The molecule has 0 aliphatic heterocycles. The van der Waals surface area contributed by atoms with Gasteiger partial charge in [0.1, 0.15) is 6.08 Å². The molecule has 0 saturated carbocycles. The number of ether oxygens (including phenoxy) is 1. The second kappa shape index (κ2) is 6.50. The molecule has 0 aliphatic carbocycles. The molecule has 0 aliphatic rings. The van der Waals surface area contributed by atoms with Gasteiger partial charge >= 0.3 is 0 Å².